The highest BCUT2D eigenvalue weighted by Crippen LogP contribution is 2.30. The highest BCUT2D eigenvalue weighted by molar-refractivity contribution is 7.99. The molecule has 0 N–H and O–H groups in total. The molecule has 0 radical (unpaired) electrons. The average Bonchev–Trinajstić information content (AvgIpc) is 3.40. The van der Waals surface area contributed by atoms with Crippen molar-refractivity contribution in [2.45, 2.75) is 24.9 Å². The first-order valence-corrected chi connectivity index (χ1v) is 14.0. The largest absolute Gasteiger partial charge is 0.495 e. The molecule has 5 rings (SSSR count). The van der Waals surface area contributed by atoms with Crippen molar-refractivity contribution >= 4 is 23.4 Å². The molecule has 0 bridgehead atoms. The van der Waals surface area contributed by atoms with Gasteiger partial charge in [-0.2, -0.15) is 0 Å². The normalized spacial score (nSPS) is 13.5. The van der Waals surface area contributed by atoms with Gasteiger partial charge in [0, 0.05) is 49.6 Å². The van der Waals surface area contributed by atoms with E-state index in [1.807, 2.05) is 41.3 Å². The van der Waals surface area contributed by atoms with Crippen molar-refractivity contribution in [3.63, 3.8) is 0 Å². The summed E-state index contributed by atoms with van der Waals surface area (Å²) in [7, 11) is 1.70. The Hall–Kier alpha value is -3.78. The number of benzene rings is 3. The molecule has 0 aliphatic carbocycles. The molecule has 0 saturated carbocycles. The second kappa shape index (κ2) is 12.2. The third-order valence-corrected chi connectivity index (χ3v) is 7.80. The van der Waals surface area contributed by atoms with Crippen LogP contribution in [0.5, 0.6) is 5.75 Å². The van der Waals surface area contributed by atoms with E-state index in [9.17, 15) is 4.79 Å². The summed E-state index contributed by atoms with van der Waals surface area (Å²) >= 11 is 1.65. The minimum atomic E-state index is 0.218. The highest BCUT2D eigenvalue weighted by Gasteiger charge is 2.23. The minimum Gasteiger partial charge on any atom is -0.495 e. The van der Waals surface area contributed by atoms with Gasteiger partial charge in [-0.3, -0.25) is 9.36 Å². The lowest BCUT2D eigenvalue weighted by molar-refractivity contribution is -0.131. The predicted molar refractivity (Wildman–Crippen MR) is 153 cm³/mol. The van der Waals surface area contributed by atoms with Crippen molar-refractivity contribution in [3.8, 4) is 22.8 Å². The first-order chi connectivity index (χ1) is 18.6. The van der Waals surface area contributed by atoms with Crippen LogP contribution < -0.4 is 9.64 Å². The molecule has 1 saturated heterocycles. The van der Waals surface area contributed by atoms with Crippen molar-refractivity contribution in [2.24, 2.45) is 0 Å². The summed E-state index contributed by atoms with van der Waals surface area (Å²) < 4.78 is 7.61. The molecule has 1 fully saturated rings. The van der Waals surface area contributed by atoms with Crippen LogP contribution in [-0.2, 0) is 4.79 Å². The number of piperazine rings is 1. The average molecular weight is 528 g/mol. The number of ether oxygens (including phenoxy) is 1. The Morgan fingerprint density at radius 3 is 2.34 bits per heavy atom. The topological polar surface area (TPSA) is 63.5 Å². The van der Waals surface area contributed by atoms with E-state index < -0.39 is 0 Å². The summed E-state index contributed by atoms with van der Waals surface area (Å²) in [6.45, 7) is 5.15. The number of hydrogen-bond acceptors (Lipinski definition) is 6. The van der Waals surface area contributed by atoms with Crippen LogP contribution in [0.25, 0.3) is 17.1 Å². The van der Waals surface area contributed by atoms with Gasteiger partial charge in [-0.15, -0.1) is 10.2 Å². The maximum atomic E-state index is 12.9. The Morgan fingerprint density at radius 1 is 0.895 bits per heavy atom. The molecule has 1 amide bonds. The zero-order valence-electron chi connectivity index (χ0n) is 21.9. The van der Waals surface area contributed by atoms with Crippen LogP contribution in [0.3, 0.4) is 0 Å². The van der Waals surface area contributed by atoms with Crippen LogP contribution in [-0.4, -0.2) is 64.6 Å². The van der Waals surface area contributed by atoms with Crippen molar-refractivity contribution in [2.75, 3.05) is 43.9 Å². The number of methoxy groups -OCH3 is 1. The van der Waals surface area contributed by atoms with Crippen LogP contribution >= 0.6 is 11.8 Å². The fourth-order valence-corrected chi connectivity index (χ4v) is 5.59. The Balaban J connectivity index is 1.17. The maximum Gasteiger partial charge on any atom is 0.222 e. The zero-order chi connectivity index (χ0) is 26.3. The molecule has 1 aromatic heterocycles. The highest BCUT2D eigenvalue weighted by atomic mass is 32.2. The quantitative estimate of drug-likeness (QED) is 0.212. The number of hydrogen-bond donors (Lipinski definition) is 0. The van der Waals surface area contributed by atoms with Crippen molar-refractivity contribution in [3.05, 3.63) is 84.4 Å². The van der Waals surface area contributed by atoms with E-state index in [1.165, 1.54) is 5.56 Å². The Bertz CT molecular complexity index is 1350. The molecule has 0 unspecified atom stereocenters. The first kappa shape index (κ1) is 25.9. The second-order valence-corrected chi connectivity index (χ2v) is 10.4. The zero-order valence-corrected chi connectivity index (χ0v) is 22.7. The van der Waals surface area contributed by atoms with Gasteiger partial charge in [0.25, 0.3) is 0 Å². The molecular formula is C30H33N5O2S. The van der Waals surface area contributed by atoms with Crippen LogP contribution in [0.4, 0.5) is 5.69 Å². The number of para-hydroxylation sites is 3. The monoisotopic (exact) mass is 527 g/mol. The molecule has 0 atom stereocenters. The predicted octanol–water partition coefficient (Wildman–Crippen LogP) is 5.47. The van der Waals surface area contributed by atoms with Crippen molar-refractivity contribution < 1.29 is 9.53 Å². The SMILES string of the molecule is COc1ccccc1N1CCN(C(=O)CCCSc2nnc(-c3ccc(C)cc3)n2-c2ccccc2)CC1. The van der Waals surface area contributed by atoms with Gasteiger partial charge in [0.1, 0.15) is 5.75 Å². The minimum absolute atomic E-state index is 0.218. The fraction of sp³-hybridized carbons (Fsp3) is 0.300. The Morgan fingerprint density at radius 2 is 1.61 bits per heavy atom. The molecule has 7 nitrogen and oxygen atoms in total. The standard InChI is InChI=1S/C30H33N5O2S/c1-23-14-16-24(17-15-23)29-31-32-30(35(29)25-9-4-3-5-10-25)38-22-8-13-28(36)34-20-18-33(19-21-34)26-11-6-7-12-27(26)37-2/h3-7,9-12,14-17H,8,13,18-22H2,1-2H3. The lowest BCUT2D eigenvalue weighted by Gasteiger charge is -2.36. The number of anilines is 1. The molecular weight excluding hydrogens is 494 g/mol. The number of carbonyl (C=O) groups is 1. The summed E-state index contributed by atoms with van der Waals surface area (Å²) in [5, 5.41) is 9.88. The smallest absolute Gasteiger partial charge is 0.222 e. The van der Waals surface area contributed by atoms with Gasteiger partial charge < -0.3 is 14.5 Å². The maximum absolute atomic E-state index is 12.9. The molecule has 0 spiro atoms. The molecule has 3 aromatic carbocycles. The third-order valence-electron chi connectivity index (χ3n) is 6.78. The van der Waals surface area contributed by atoms with Gasteiger partial charge in [-0.1, -0.05) is 71.9 Å². The molecule has 38 heavy (non-hydrogen) atoms. The number of amides is 1. The summed E-state index contributed by atoms with van der Waals surface area (Å²) in [5.74, 6) is 2.71. The fourth-order valence-electron chi connectivity index (χ4n) is 4.70. The van der Waals surface area contributed by atoms with Gasteiger partial charge >= 0.3 is 0 Å². The number of nitrogens with zero attached hydrogens (tertiary/aromatic N) is 5. The lowest BCUT2D eigenvalue weighted by atomic mass is 10.1. The van der Waals surface area contributed by atoms with Gasteiger partial charge in [0.15, 0.2) is 11.0 Å². The summed E-state index contributed by atoms with van der Waals surface area (Å²) in [6, 6.07) is 26.6. The van der Waals surface area contributed by atoms with Gasteiger partial charge in [0.05, 0.1) is 12.8 Å². The van der Waals surface area contributed by atoms with Gasteiger partial charge in [-0.25, -0.2) is 0 Å². The van der Waals surface area contributed by atoms with Crippen molar-refractivity contribution in [1.82, 2.24) is 19.7 Å². The van der Waals surface area contributed by atoms with Crippen LogP contribution in [0, 0.1) is 6.92 Å². The lowest BCUT2D eigenvalue weighted by Crippen LogP contribution is -2.48. The Labute approximate surface area is 228 Å². The third kappa shape index (κ3) is 5.86. The summed E-state index contributed by atoms with van der Waals surface area (Å²) in [4.78, 5) is 17.2. The summed E-state index contributed by atoms with van der Waals surface area (Å²) in [5.41, 5.74) is 4.35. The Kier molecular flexibility index (Phi) is 8.28. The molecule has 196 valence electrons. The van der Waals surface area contributed by atoms with Crippen LogP contribution in [0.2, 0.25) is 0 Å². The van der Waals surface area contributed by atoms with Crippen LogP contribution in [0.15, 0.2) is 84.0 Å². The van der Waals surface area contributed by atoms with E-state index in [0.29, 0.717) is 6.42 Å². The van der Waals surface area contributed by atoms with E-state index in [-0.39, 0.29) is 5.91 Å². The first-order valence-electron chi connectivity index (χ1n) is 13.0. The van der Waals surface area contributed by atoms with E-state index in [0.717, 1.165) is 72.0 Å². The number of rotatable bonds is 9. The van der Waals surface area contributed by atoms with Crippen LogP contribution in [0.1, 0.15) is 18.4 Å². The second-order valence-electron chi connectivity index (χ2n) is 9.33. The molecule has 1 aliphatic heterocycles. The number of aromatic nitrogens is 3. The summed E-state index contributed by atoms with van der Waals surface area (Å²) in [6.07, 6.45) is 1.32. The van der Waals surface area contributed by atoms with E-state index in [4.69, 9.17) is 4.74 Å². The number of aryl methyl sites for hydroxylation is 1. The van der Waals surface area contributed by atoms with E-state index in [1.54, 1.807) is 18.9 Å². The molecule has 4 aromatic rings. The number of thioether (sulfide) groups is 1. The van der Waals surface area contributed by atoms with E-state index >= 15 is 0 Å². The van der Waals surface area contributed by atoms with E-state index in [2.05, 4.69) is 69.1 Å². The van der Waals surface area contributed by atoms with Gasteiger partial charge in [-0.05, 0) is 37.6 Å². The molecule has 1 aliphatic rings. The number of carbonyl (C=O) groups excluding carboxylic acids is 1. The molecule has 2 heterocycles. The van der Waals surface area contributed by atoms with Gasteiger partial charge in [0.2, 0.25) is 5.91 Å². The van der Waals surface area contributed by atoms with Crippen molar-refractivity contribution in [1.29, 1.82) is 0 Å². The molecule has 8 heteroatoms.